The molecule has 10 atom stereocenters. The fraction of sp³-hybridized carbons (Fsp3) is 0.571. The molecular weight excluding hydrogens is 476 g/mol. The molecule has 0 radical (unpaired) electrons. The molecule has 14 heteroatoms. The molecular formula is C21H28O14. The lowest BCUT2D eigenvalue weighted by Gasteiger charge is -2.56. The molecule has 0 bridgehead atoms. The number of aliphatic hydroxyl groups is 9. The Hall–Kier alpha value is -2.21. The Kier molecular flexibility index (Phi) is 7.85. The van der Waals surface area contributed by atoms with Crippen LogP contribution in [0.4, 0.5) is 0 Å². The molecule has 11 N–H and O–H groups in total. The lowest BCUT2D eigenvalue weighted by atomic mass is 9.69. The minimum absolute atomic E-state index is 0.178. The van der Waals surface area contributed by atoms with Crippen molar-refractivity contribution in [2.24, 2.45) is 0 Å². The summed E-state index contributed by atoms with van der Waals surface area (Å²) in [5, 5.41) is 112. The summed E-state index contributed by atoms with van der Waals surface area (Å²) < 4.78 is 10.2. The van der Waals surface area contributed by atoms with E-state index in [9.17, 15) is 61.0 Å². The van der Waals surface area contributed by atoms with Gasteiger partial charge in [0.05, 0.1) is 13.2 Å². The summed E-state index contributed by atoms with van der Waals surface area (Å²) in [5.41, 5.74) is -5.84. The molecule has 3 rings (SSSR count). The zero-order valence-electron chi connectivity index (χ0n) is 18.1. The fourth-order valence-electron chi connectivity index (χ4n) is 4.27. The lowest BCUT2D eigenvalue weighted by molar-refractivity contribution is -0.382. The second-order valence-corrected chi connectivity index (χ2v) is 8.49. The van der Waals surface area contributed by atoms with Gasteiger partial charge in [-0.15, -0.1) is 0 Å². The van der Waals surface area contributed by atoms with Crippen LogP contribution in [0.2, 0.25) is 0 Å². The average molecular weight is 504 g/mol. The van der Waals surface area contributed by atoms with Gasteiger partial charge in [0.1, 0.15) is 42.7 Å². The van der Waals surface area contributed by atoms with E-state index in [1.54, 1.807) is 0 Å². The molecule has 2 heterocycles. The van der Waals surface area contributed by atoms with Crippen molar-refractivity contribution in [1.29, 1.82) is 0 Å². The van der Waals surface area contributed by atoms with Gasteiger partial charge in [0.25, 0.3) is 0 Å². The number of rotatable bonds is 6. The van der Waals surface area contributed by atoms with Crippen LogP contribution < -0.4 is 0 Å². The molecule has 1 aromatic carbocycles. The van der Waals surface area contributed by atoms with Crippen molar-refractivity contribution in [2.45, 2.75) is 60.2 Å². The summed E-state index contributed by atoms with van der Waals surface area (Å²) in [6.45, 7) is -2.28. The highest BCUT2D eigenvalue weighted by Crippen LogP contribution is 2.43. The van der Waals surface area contributed by atoms with Crippen LogP contribution in [0.1, 0.15) is 5.56 Å². The second kappa shape index (κ2) is 10.0. The summed E-state index contributed by atoms with van der Waals surface area (Å²) in [6, 6.07) is 3.49. The van der Waals surface area contributed by atoms with E-state index in [1.165, 1.54) is 6.07 Å². The molecule has 0 amide bonds. The van der Waals surface area contributed by atoms with E-state index in [4.69, 9.17) is 9.47 Å². The first kappa shape index (κ1) is 27.4. The van der Waals surface area contributed by atoms with Crippen LogP contribution >= 0.6 is 0 Å². The largest absolute Gasteiger partial charge is 0.504 e. The van der Waals surface area contributed by atoms with Gasteiger partial charge in [0.2, 0.25) is 0 Å². The molecule has 2 aliphatic rings. The van der Waals surface area contributed by atoms with E-state index in [-0.39, 0.29) is 5.56 Å². The van der Waals surface area contributed by atoms with Crippen LogP contribution in [0.25, 0.3) is 6.08 Å². The summed E-state index contributed by atoms with van der Waals surface area (Å²) in [6.07, 6.45) is -15.6. The normalized spacial score (nSPS) is 42.3. The molecule has 0 aromatic heterocycles. The van der Waals surface area contributed by atoms with E-state index < -0.39 is 90.7 Å². The zero-order valence-corrected chi connectivity index (χ0v) is 18.1. The van der Waals surface area contributed by atoms with Crippen LogP contribution in [-0.4, -0.2) is 135 Å². The molecule has 2 unspecified atom stereocenters. The van der Waals surface area contributed by atoms with Crippen molar-refractivity contribution in [1.82, 2.24) is 0 Å². The Balaban J connectivity index is 2.01. The maximum Gasteiger partial charge on any atom is 0.192 e. The molecule has 1 aromatic rings. The van der Waals surface area contributed by atoms with Gasteiger partial charge in [-0.2, -0.15) is 0 Å². The first-order valence-corrected chi connectivity index (χ1v) is 10.4. The van der Waals surface area contributed by atoms with Gasteiger partial charge < -0.3 is 65.6 Å². The van der Waals surface area contributed by atoms with Gasteiger partial charge in [-0.3, -0.25) is 4.79 Å². The number of carbonyl (C=O) groups excluding carboxylic acids is 1. The van der Waals surface area contributed by atoms with Gasteiger partial charge in [-0.05, 0) is 23.8 Å². The highest BCUT2D eigenvalue weighted by Gasteiger charge is 2.69. The Morgan fingerprint density at radius 2 is 1.63 bits per heavy atom. The topological polar surface area (TPSA) is 258 Å². The lowest BCUT2D eigenvalue weighted by Crippen LogP contribution is -2.81. The monoisotopic (exact) mass is 504 g/mol. The molecule has 196 valence electrons. The Morgan fingerprint density at radius 1 is 0.971 bits per heavy atom. The third kappa shape index (κ3) is 4.43. The molecule has 2 saturated heterocycles. The molecule has 0 saturated carbocycles. The van der Waals surface area contributed by atoms with E-state index in [2.05, 4.69) is 0 Å². The van der Waals surface area contributed by atoms with Gasteiger partial charge in [-0.25, -0.2) is 0 Å². The number of ether oxygens (including phenoxy) is 2. The third-order valence-corrected chi connectivity index (χ3v) is 6.38. The number of phenolic OH excluding ortho intramolecular Hbond substituents is 2. The van der Waals surface area contributed by atoms with Crippen LogP contribution in [0.5, 0.6) is 11.5 Å². The van der Waals surface area contributed by atoms with E-state index in [0.29, 0.717) is 0 Å². The zero-order chi connectivity index (χ0) is 26.3. The quantitative estimate of drug-likeness (QED) is 0.128. The van der Waals surface area contributed by atoms with Crippen LogP contribution in [-0.2, 0) is 14.3 Å². The van der Waals surface area contributed by atoms with E-state index >= 15 is 0 Å². The standard InChI is InChI=1S/C21H28O14/c22-6-11-13(27)14(28)15(29)17(34-11)21(33)16(30)18(31)35-20(7-23,19(21)32)12(26)4-2-8-1-3-9(24)10(25)5-8/h1-5,11,13-19,22-25,27-33H,6-7H2/t11-,13-,14+,15-,16+,17?,18?,19-,20+,21+/m1/s1. The van der Waals surface area contributed by atoms with Crippen molar-refractivity contribution >= 4 is 11.9 Å². The predicted octanol–water partition coefficient (Wildman–Crippen LogP) is -4.94. The van der Waals surface area contributed by atoms with Gasteiger partial charge in [0.15, 0.2) is 34.8 Å². The van der Waals surface area contributed by atoms with Gasteiger partial charge >= 0.3 is 0 Å². The van der Waals surface area contributed by atoms with Crippen molar-refractivity contribution in [3.05, 3.63) is 29.8 Å². The minimum atomic E-state index is -3.19. The smallest absolute Gasteiger partial charge is 0.192 e. The fourth-order valence-corrected chi connectivity index (χ4v) is 4.27. The number of benzene rings is 1. The first-order chi connectivity index (χ1) is 16.3. The molecule has 0 aliphatic carbocycles. The van der Waals surface area contributed by atoms with Crippen LogP contribution in [0, 0.1) is 0 Å². The molecule has 35 heavy (non-hydrogen) atoms. The maximum atomic E-state index is 13.0. The molecule has 14 nitrogen and oxygen atoms in total. The summed E-state index contributed by atoms with van der Waals surface area (Å²) in [5.74, 6) is -2.19. The highest BCUT2D eigenvalue weighted by atomic mass is 16.7. The van der Waals surface area contributed by atoms with Crippen LogP contribution in [0.15, 0.2) is 24.3 Å². The summed E-state index contributed by atoms with van der Waals surface area (Å²) >= 11 is 0. The van der Waals surface area contributed by atoms with E-state index in [1.807, 2.05) is 0 Å². The van der Waals surface area contributed by atoms with Gasteiger partial charge in [-0.1, -0.05) is 12.1 Å². The number of aromatic hydroxyl groups is 2. The predicted molar refractivity (Wildman–Crippen MR) is 111 cm³/mol. The maximum absolute atomic E-state index is 13.0. The second-order valence-electron chi connectivity index (χ2n) is 8.49. The SMILES string of the molecule is O=C(C=Cc1ccc(O)c(O)c1)[C@]1(CO)OC(O)[C@H](O)[C@](O)(C2O[C@H](CO)[C@@H](O)[C@H](O)[C@H]2O)[C@@H]1O. The minimum Gasteiger partial charge on any atom is -0.504 e. The molecule has 2 fully saturated rings. The number of hydrogen-bond donors (Lipinski definition) is 11. The van der Waals surface area contributed by atoms with Gasteiger partial charge in [0, 0.05) is 0 Å². The van der Waals surface area contributed by atoms with Crippen molar-refractivity contribution in [2.75, 3.05) is 13.2 Å². The number of ketones is 1. The average Bonchev–Trinajstić information content (AvgIpc) is 2.84. The highest BCUT2D eigenvalue weighted by molar-refractivity contribution is 6.01. The summed E-state index contributed by atoms with van der Waals surface area (Å²) in [4.78, 5) is 13.0. The van der Waals surface area contributed by atoms with Crippen molar-refractivity contribution in [3.8, 4) is 11.5 Å². The Morgan fingerprint density at radius 3 is 2.20 bits per heavy atom. The van der Waals surface area contributed by atoms with Crippen LogP contribution in [0.3, 0.4) is 0 Å². The summed E-state index contributed by atoms with van der Waals surface area (Å²) in [7, 11) is 0. The first-order valence-electron chi connectivity index (χ1n) is 10.4. The third-order valence-electron chi connectivity index (χ3n) is 6.38. The number of phenols is 2. The van der Waals surface area contributed by atoms with E-state index in [0.717, 1.165) is 24.3 Å². The van der Waals surface area contributed by atoms with Crippen molar-refractivity contribution in [3.63, 3.8) is 0 Å². The number of hydrogen-bond acceptors (Lipinski definition) is 14. The molecule has 0 spiro atoms. The Bertz CT molecular complexity index is 952. The van der Waals surface area contributed by atoms with Crippen molar-refractivity contribution < 1.29 is 70.4 Å². The number of aliphatic hydroxyl groups excluding tert-OH is 8. The molecule has 2 aliphatic heterocycles. The Labute approximate surface area is 197 Å². The number of carbonyl (C=O) groups is 1.